The van der Waals surface area contributed by atoms with Gasteiger partial charge in [0.2, 0.25) is 0 Å². The van der Waals surface area contributed by atoms with E-state index in [2.05, 4.69) is 0 Å². The van der Waals surface area contributed by atoms with Crippen LogP contribution in [-0.4, -0.2) is 35.4 Å². The topological polar surface area (TPSA) is 93.1 Å². The number of ether oxygens (including phenoxy) is 2. The number of carbonyl (C=O) groups is 3. The first-order valence-electron chi connectivity index (χ1n) is 9.28. The zero-order valence-corrected chi connectivity index (χ0v) is 17.6. The molecular formula is C22H21NO6S. The fourth-order valence-electron chi connectivity index (χ4n) is 2.83. The number of benzene rings is 2. The van der Waals surface area contributed by atoms with E-state index in [9.17, 15) is 14.4 Å². The molecule has 1 atom stereocenters. The number of amides is 2. The molecule has 0 aromatic heterocycles. The fourth-order valence-corrected chi connectivity index (χ4v) is 3.68. The van der Waals surface area contributed by atoms with Crippen LogP contribution in [0.5, 0.6) is 11.5 Å². The number of nitrogens with zero attached hydrogens (tertiary/aromatic N) is 1. The van der Waals surface area contributed by atoms with Gasteiger partial charge in [0.15, 0.2) is 17.6 Å². The number of carboxylic acid groups (broad SMARTS) is 1. The number of aryl methyl sites for hydroxylation is 1. The Morgan fingerprint density at radius 2 is 1.87 bits per heavy atom. The first-order chi connectivity index (χ1) is 14.3. The molecule has 1 saturated heterocycles. The maximum Gasteiger partial charge on any atom is 0.344 e. The van der Waals surface area contributed by atoms with Crippen molar-refractivity contribution < 1.29 is 29.0 Å². The summed E-state index contributed by atoms with van der Waals surface area (Å²) in [6, 6.07) is 12.2. The van der Waals surface area contributed by atoms with Gasteiger partial charge in [-0.05, 0) is 66.6 Å². The van der Waals surface area contributed by atoms with Crippen LogP contribution in [0, 0.1) is 0 Å². The fraction of sp³-hybridized carbons (Fsp3) is 0.227. The minimum Gasteiger partial charge on any atom is -0.493 e. The standard InChI is InChI=1S/C22H21NO6S/c1-4-14-5-8-16(9-6-14)23-20(24)19(30-22(23)27)12-15-7-10-17(18(11-15)28-3)29-13(2)21(25)26/h5-13H,4H2,1-3H3,(H,25,26)/b19-12+. The molecule has 0 radical (unpaired) electrons. The summed E-state index contributed by atoms with van der Waals surface area (Å²) in [6.45, 7) is 3.45. The number of carboxylic acids is 1. The summed E-state index contributed by atoms with van der Waals surface area (Å²) < 4.78 is 10.6. The second-order valence-corrected chi connectivity index (χ2v) is 7.54. The van der Waals surface area contributed by atoms with E-state index in [1.807, 2.05) is 19.1 Å². The van der Waals surface area contributed by atoms with Gasteiger partial charge in [0.05, 0.1) is 17.7 Å². The molecule has 0 bridgehead atoms. The third kappa shape index (κ3) is 4.49. The zero-order valence-electron chi connectivity index (χ0n) is 16.7. The largest absolute Gasteiger partial charge is 0.493 e. The maximum atomic E-state index is 12.8. The number of methoxy groups -OCH3 is 1. The lowest BCUT2D eigenvalue weighted by atomic mass is 10.1. The third-order valence-corrected chi connectivity index (χ3v) is 5.40. The molecule has 156 valence electrons. The van der Waals surface area contributed by atoms with Crippen LogP contribution in [0.4, 0.5) is 10.5 Å². The SMILES string of the molecule is CCc1ccc(N2C(=O)S/C(=C/c3ccc(OC(C)C(=O)O)c(OC)c3)C2=O)cc1. The average Bonchev–Trinajstić information content (AvgIpc) is 3.01. The van der Waals surface area contributed by atoms with Gasteiger partial charge in [0.25, 0.3) is 11.1 Å². The van der Waals surface area contributed by atoms with Crippen molar-refractivity contribution >= 4 is 40.6 Å². The minimum absolute atomic E-state index is 0.272. The van der Waals surface area contributed by atoms with Gasteiger partial charge in [-0.2, -0.15) is 0 Å². The van der Waals surface area contributed by atoms with Crippen LogP contribution in [0.2, 0.25) is 0 Å². The van der Waals surface area contributed by atoms with E-state index < -0.39 is 18.0 Å². The lowest BCUT2D eigenvalue weighted by Crippen LogP contribution is -2.27. The van der Waals surface area contributed by atoms with E-state index in [4.69, 9.17) is 14.6 Å². The van der Waals surface area contributed by atoms with E-state index in [1.165, 1.54) is 14.0 Å². The molecule has 2 amide bonds. The molecule has 1 heterocycles. The molecular weight excluding hydrogens is 406 g/mol. The van der Waals surface area contributed by atoms with Crippen LogP contribution >= 0.6 is 11.8 Å². The number of hydrogen-bond acceptors (Lipinski definition) is 6. The predicted molar refractivity (Wildman–Crippen MR) is 115 cm³/mol. The normalized spacial score (nSPS) is 16.1. The van der Waals surface area contributed by atoms with Gasteiger partial charge < -0.3 is 14.6 Å². The number of thioether (sulfide) groups is 1. The number of carbonyl (C=O) groups excluding carboxylic acids is 2. The molecule has 2 aromatic carbocycles. The molecule has 8 heteroatoms. The van der Waals surface area contributed by atoms with Gasteiger partial charge in [-0.1, -0.05) is 25.1 Å². The number of rotatable bonds is 7. The Labute approximate surface area is 178 Å². The highest BCUT2D eigenvalue weighted by Gasteiger charge is 2.36. The smallest absolute Gasteiger partial charge is 0.344 e. The lowest BCUT2D eigenvalue weighted by Gasteiger charge is -2.14. The maximum absolute atomic E-state index is 12.8. The molecule has 1 aliphatic heterocycles. The molecule has 7 nitrogen and oxygen atoms in total. The molecule has 1 unspecified atom stereocenters. The van der Waals surface area contributed by atoms with Crippen LogP contribution in [0.25, 0.3) is 6.08 Å². The lowest BCUT2D eigenvalue weighted by molar-refractivity contribution is -0.144. The van der Waals surface area contributed by atoms with Crippen molar-refractivity contribution in [2.75, 3.05) is 12.0 Å². The Morgan fingerprint density at radius 3 is 2.47 bits per heavy atom. The van der Waals surface area contributed by atoms with E-state index in [0.29, 0.717) is 17.0 Å². The summed E-state index contributed by atoms with van der Waals surface area (Å²) in [5, 5.41) is 8.64. The Balaban J connectivity index is 1.85. The number of imide groups is 1. The summed E-state index contributed by atoms with van der Waals surface area (Å²) in [6.07, 6.45) is 1.42. The predicted octanol–water partition coefficient (Wildman–Crippen LogP) is 4.35. The first-order valence-corrected chi connectivity index (χ1v) is 10.1. The van der Waals surface area contributed by atoms with Crippen LogP contribution in [0.1, 0.15) is 25.0 Å². The molecule has 0 aliphatic carbocycles. The highest BCUT2D eigenvalue weighted by molar-refractivity contribution is 8.19. The van der Waals surface area contributed by atoms with Crippen molar-refractivity contribution in [2.24, 2.45) is 0 Å². The Kier molecular flexibility index (Phi) is 6.47. The summed E-state index contributed by atoms with van der Waals surface area (Å²) in [5.41, 5.74) is 2.27. The molecule has 1 N–H and O–H groups in total. The number of anilines is 1. The van der Waals surface area contributed by atoms with Crippen LogP contribution in [0.3, 0.4) is 0 Å². The number of hydrogen-bond donors (Lipinski definition) is 1. The molecule has 2 aromatic rings. The van der Waals surface area contributed by atoms with Crippen molar-refractivity contribution in [3.8, 4) is 11.5 Å². The van der Waals surface area contributed by atoms with Gasteiger partial charge >= 0.3 is 5.97 Å². The van der Waals surface area contributed by atoms with Gasteiger partial charge in [-0.25, -0.2) is 9.69 Å². The second kappa shape index (κ2) is 9.04. The van der Waals surface area contributed by atoms with Crippen LogP contribution in [-0.2, 0) is 16.0 Å². The van der Waals surface area contributed by atoms with Crippen molar-refractivity contribution in [3.05, 3.63) is 58.5 Å². The zero-order chi connectivity index (χ0) is 21.8. The molecule has 0 spiro atoms. The van der Waals surface area contributed by atoms with E-state index >= 15 is 0 Å². The Bertz CT molecular complexity index is 1010. The summed E-state index contributed by atoms with van der Waals surface area (Å²) in [4.78, 5) is 37.7. The van der Waals surface area contributed by atoms with Crippen molar-refractivity contribution in [1.82, 2.24) is 0 Å². The van der Waals surface area contributed by atoms with E-state index in [0.717, 1.165) is 28.6 Å². The van der Waals surface area contributed by atoms with Crippen molar-refractivity contribution in [2.45, 2.75) is 26.4 Å². The molecule has 1 fully saturated rings. The summed E-state index contributed by atoms with van der Waals surface area (Å²) in [7, 11) is 1.44. The second-order valence-electron chi connectivity index (χ2n) is 6.55. The summed E-state index contributed by atoms with van der Waals surface area (Å²) in [5.74, 6) is -0.894. The third-order valence-electron chi connectivity index (χ3n) is 4.53. The molecule has 3 rings (SSSR count). The van der Waals surface area contributed by atoms with Gasteiger partial charge in [-0.15, -0.1) is 0 Å². The average molecular weight is 427 g/mol. The van der Waals surface area contributed by atoms with Crippen molar-refractivity contribution in [1.29, 1.82) is 0 Å². The molecule has 1 aliphatic rings. The summed E-state index contributed by atoms with van der Waals surface area (Å²) >= 11 is 0.862. The quantitative estimate of drug-likeness (QED) is 0.657. The van der Waals surface area contributed by atoms with E-state index in [-0.39, 0.29) is 15.9 Å². The monoisotopic (exact) mass is 427 g/mol. The Hall–Kier alpha value is -3.26. The van der Waals surface area contributed by atoms with Crippen LogP contribution in [0.15, 0.2) is 47.4 Å². The first kappa shape index (κ1) is 21.4. The number of aliphatic carboxylic acids is 1. The van der Waals surface area contributed by atoms with Gasteiger partial charge in [-0.3, -0.25) is 9.59 Å². The highest BCUT2D eigenvalue weighted by atomic mass is 32.2. The highest BCUT2D eigenvalue weighted by Crippen LogP contribution is 2.37. The molecule has 0 saturated carbocycles. The Morgan fingerprint density at radius 1 is 1.17 bits per heavy atom. The van der Waals surface area contributed by atoms with Crippen LogP contribution < -0.4 is 14.4 Å². The van der Waals surface area contributed by atoms with Gasteiger partial charge in [0.1, 0.15) is 0 Å². The minimum atomic E-state index is -1.10. The van der Waals surface area contributed by atoms with E-state index in [1.54, 1.807) is 36.4 Å². The van der Waals surface area contributed by atoms with Crippen molar-refractivity contribution in [3.63, 3.8) is 0 Å². The van der Waals surface area contributed by atoms with Gasteiger partial charge in [0, 0.05) is 0 Å². The molecule has 30 heavy (non-hydrogen) atoms.